The summed E-state index contributed by atoms with van der Waals surface area (Å²) < 4.78 is 7.63. The molecule has 5 heteroatoms. The molecule has 0 aliphatic rings. The third kappa shape index (κ3) is 5.76. The van der Waals surface area contributed by atoms with Crippen LogP contribution in [-0.4, -0.2) is 25.2 Å². The van der Waals surface area contributed by atoms with Gasteiger partial charge in [-0.3, -0.25) is 4.79 Å². The van der Waals surface area contributed by atoms with Gasteiger partial charge in [-0.2, -0.15) is 0 Å². The summed E-state index contributed by atoms with van der Waals surface area (Å²) in [5.74, 6) is 1.42. The zero-order valence-electron chi connectivity index (χ0n) is 20.1. The van der Waals surface area contributed by atoms with Crippen molar-refractivity contribution in [3.05, 3.63) is 40.3 Å². The summed E-state index contributed by atoms with van der Waals surface area (Å²) in [5, 5.41) is 10.9. The number of thiophene rings is 1. The SMILES string of the molecule is CCCC(=O)c1ccc([Si](C)(C)COc2cc(C(C)(C)C)c(O)c(C(C)(C)C)c2)s1. The van der Waals surface area contributed by atoms with Gasteiger partial charge in [0.2, 0.25) is 0 Å². The molecule has 0 unspecified atom stereocenters. The van der Waals surface area contributed by atoms with Gasteiger partial charge in [0.15, 0.2) is 5.78 Å². The van der Waals surface area contributed by atoms with Crippen molar-refractivity contribution in [2.24, 2.45) is 0 Å². The lowest BCUT2D eigenvalue weighted by molar-refractivity contribution is 0.0985. The minimum absolute atomic E-state index is 0.182. The van der Waals surface area contributed by atoms with Gasteiger partial charge in [0.25, 0.3) is 0 Å². The molecule has 0 radical (unpaired) electrons. The first-order valence-corrected chi connectivity index (χ1v) is 14.8. The average molecular weight is 447 g/mol. The van der Waals surface area contributed by atoms with Crippen molar-refractivity contribution in [2.75, 3.05) is 6.23 Å². The molecule has 0 fully saturated rings. The van der Waals surface area contributed by atoms with Gasteiger partial charge in [-0.1, -0.05) is 67.6 Å². The second-order valence-corrected chi connectivity index (χ2v) is 16.9. The maximum Gasteiger partial charge on any atom is 0.172 e. The second kappa shape index (κ2) is 8.87. The Morgan fingerprint density at radius 1 is 1.03 bits per heavy atom. The molecule has 166 valence electrons. The monoisotopic (exact) mass is 446 g/mol. The fraction of sp³-hybridized carbons (Fsp3) is 0.560. The molecule has 2 aromatic rings. The average Bonchev–Trinajstić information content (AvgIpc) is 3.10. The summed E-state index contributed by atoms with van der Waals surface area (Å²) in [6.45, 7) is 19.2. The van der Waals surface area contributed by atoms with E-state index in [0.717, 1.165) is 28.2 Å². The summed E-state index contributed by atoms with van der Waals surface area (Å²) in [4.78, 5) is 13.1. The molecule has 30 heavy (non-hydrogen) atoms. The van der Waals surface area contributed by atoms with E-state index in [0.29, 0.717) is 18.4 Å². The van der Waals surface area contributed by atoms with E-state index in [1.807, 2.05) is 25.1 Å². The number of phenolic OH excluding ortho intramolecular Hbond substituents is 1. The highest BCUT2D eigenvalue weighted by atomic mass is 32.1. The quantitative estimate of drug-likeness (QED) is 0.387. The van der Waals surface area contributed by atoms with E-state index >= 15 is 0 Å². The van der Waals surface area contributed by atoms with Crippen LogP contribution in [0.1, 0.15) is 82.1 Å². The molecule has 0 saturated heterocycles. The Bertz CT molecular complexity index is 863. The van der Waals surface area contributed by atoms with Crippen LogP contribution in [0.4, 0.5) is 0 Å². The molecule has 0 spiro atoms. The number of Topliss-reactive ketones (excluding diaryl/α,β-unsaturated/α-hetero) is 1. The predicted molar refractivity (Wildman–Crippen MR) is 132 cm³/mol. The van der Waals surface area contributed by atoms with Crippen molar-refractivity contribution in [3.8, 4) is 11.5 Å². The highest BCUT2D eigenvalue weighted by Gasteiger charge is 2.30. The largest absolute Gasteiger partial charge is 0.507 e. The molecule has 1 heterocycles. The summed E-state index contributed by atoms with van der Waals surface area (Å²) >= 11 is 1.63. The van der Waals surface area contributed by atoms with E-state index in [4.69, 9.17) is 4.74 Å². The Morgan fingerprint density at radius 2 is 1.57 bits per heavy atom. The lowest BCUT2D eigenvalue weighted by atomic mass is 9.79. The number of ether oxygens (including phenoxy) is 1. The Hall–Kier alpha value is -1.59. The number of carbonyl (C=O) groups excluding carboxylic acids is 1. The number of carbonyl (C=O) groups is 1. The van der Waals surface area contributed by atoms with Gasteiger partial charge in [0.1, 0.15) is 19.6 Å². The van der Waals surface area contributed by atoms with Gasteiger partial charge in [0.05, 0.1) is 11.1 Å². The number of benzene rings is 1. The molecular weight excluding hydrogens is 408 g/mol. The third-order valence-corrected chi connectivity index (χ3v) is 10.6. The molecule has 1 N–H and O–H groups in total. The summed E-state index contributed by atoms with van der Waals surface area (Å²) in [6.07, 6.45) is 2.12. The van der Waals surface area contributed by atoms with Crippen LogP contribution in [0.3, 0.4) is 0 Å². The lowest BCUT2D eigenvalue weighted by Gasteiger charge is -2.29. The van der Waals surface area contributed by atoms with E-state index in [1.165, 1.54) is 4.50 Å². The molecular formula is C25H38O3SSi. The maximum atomic E-state index is 12.2. The van der Waals surface area contributed by atoms with Crippen LogP contribution >= 0.6 is 11.3 Å². The maximum absolute atomic E-state index is 12.2. The van der Waals surface area contributed by atoms with Crippen molar-refractivity contribution < 1.29 is 14.6 Å². The van der Waals surface area contributed by atoms with Gasteiger partial charge in [-0.25, -0.2) is 0 Å². The second-order valence-electron chi connectivity index (χ2n) is 10.9. The zero-order chi connectivity index (χ0) is 22.9. The van der Waals surface area contributed by atoms with Crippen LogP contribution in [0, 0.1) is 0 Å². The smallest absolute Gasteiger partial charge is 0.172 e. The molecule has 0 aliphatic heterocycles. The van der Waals surface area contributed by atoms with Gasteiger partial charge >= 0.3 is 0 Å². The van der Waals surface area contributed by atoms with Crippen molar-refractivity contribution in [1.82, 2.24) is 0 Å². The number of phenols is 1. The number of hydrogen-bond acceptors (Lipinski definition) is 4. The summed E-state index contributed by atoms with van der Waals surface area (Å²) in [7, 11) is -1.87. The predicted octanol–water partition coefficient (Wildman–Crippen LogP) is 6.57. The van der Waals surface area contributed by atoms with Crippen LogP contribution in [0.2, 0.25) is 13.1 Å². The molecule has 1 aromatic carbocycles. The third-order valence-electron chi connectivity index (χ3n) is 5.32. The van der Waals surface area contributed by atoms with E-state index in [1.54, 1.807) is 11.3 Å². The molecule has 3 nitrogen and oxygen atoms in total. The van der Waals surface area contributed by atoms with E-state index in [9.17, 15) is 9.90 Å². The zero-order valence-corrected chi connectivity index (χ0v) is 21.9. The molecule has 0 aliphatic carbocycles. The molecule has 0 amide bonds. The van der Waals surface area contributed by atoms with Gasteiger partial charge in [-0.05, 0) is 40.0 Å². The van der Waals surface area contributed by atoms with E-state index in [2.05, 4.69) is 60.7 Å². The standard InChI is InChI=1S/C25H38O3SSi/c1-10-11-20(26)21-12-13-22(29-21)30(8,9)16-28-17-14-18(24(2,3)4)23(27)19(15-17)25(5,6)7/h12-15,27H,10-11,16H2,1-9H3. The Morgan fingerprint density at radius 3 is 2.03 bits per heavy atom. The molecule has 0 atom stereocenters. The fourth-order valence-electron chi connectivity index (χ4n) is 3.37. The summed E-state index contributed by atoms with van der Waals surface area (Å²) in [5.41, 5.74) is 1.46. The highest BCUT2D eigenvalue weighted by Crippen LogP contribution is 2.41. The number of rotatable bonds is 7. The number of ketones is 1. The van der Waals surface area contributed by atoms with Gasteiger partial charge < -0.3 is 9.84 Å². The molecule has 2 rings (SSSR count). The van der Waals surface area contributed by atoms with Crippen LogP contribution in [0.15, 0.2) is 24.3 Å². The minimum Gasteiger partial charge on any atom is -0.507 e. The Kier molecular flexibility index (Phi) is 7.30. The Labute approximate surface area is 187 Å². The fourth-order valence-corrected chi connectivity index (χ4v) is 6.91. The van der Waals surface area contributed by atoms with E-state index < -0.39 is 8.07 Å². The number of hydrogen-bond donors (Lipinski definition) is 1. The molecule has 1 aromatic heterocycles. The lowest BCUT2D eigenvalue weighted by Crippen LogP contribution is -2.45. The number of aromatic hydroxyl groups is 1. The van der Waals surface area contributed by atoms with Gasteiger partial charge in [0, 0.05) is 17.5 Å². The van der Waals surface area contributed by atoms with Crippen LogP contribution < -0.4 is 9.24 Å². The Balaban J connectivity index is 2.31. The van der Waals surface area contributed by atoms with Crippen molar-refractivity contribution in [1.29, 1.82) is 0 Å². The normalized spacial score (nSPS) is 12.8. The topological polar surface area (TPSA) is 46.5 Å². The molecule has 0 saturated carbocycles. The first-order valence-electron chi connectivity index (χ1n) is 10.8. The molecule has 0 bridgehead atoms. The van der Waals surface area contributed by atoms with Crippen molar-refractivity contribution >= 4 is 29.7 Å². The van der Waals surface area contributed by atoms with Crippen LogP contribution in [0.5, 0.6) is 11.5 Å². The van der Waals surface area contributed by atoms with Gasteiger partial charge in [-0.15, -0.1) is 11.3 Å². The summed E-state index contributed by atoms with van der Waals surface area (Å²) in [6, 6.07) is 8.06. The first-order chi connectivity index (χ1) is 13.7. The van der Waals surface area contributed by atoms with Crippen LogP contribution in [-0.2, 0) is 10.8 Å². The highest BCUT2D eigenvalue weighted by molar-refractivity contribution is 7.27. The minimum atomic E-state index is -1.87. The van der Waals surface area contributed by atoms with Crippen molar-refractivity contribution in [3.63, 3.8) is 0 Å². The van der Waals surface area contributed by atoms with E-state index in [-0.39, 0.29) is 16.6 Å². The first kappa shape index (κ1) is 24.7. The van der Waals surface area contributed by atoms with Crippen molar-refractivity contribution in [2.45, 2.75) is 85.2 Å². The van der Waals surface area contributed by atoms with Crippen LogP contribution in [0.25, 0.3) is 0 Å².